The molecule has 1 saturated heterocycles. The third-order valence-electron chi connectivity index (χ3n) is 4.24. The second-order valence-electron chi connectivity index (χ2n) is 6.23. The molecule has 1 heterocycles. The molecule has 1 atom stereocenters. The van der Waals surface area contributed by atoms with Crippen molar-refractivity contribution in [2.24, 2.45) is 11.7 Å². The van der Waals surface area contributed by atoms with Gasteiger partial charge in [0.05, 0.1) is 0 Å². The van der Waals surface area contributed by atoms with Crippen molar-refractivity contribution in [3.8, 4) is 0 Å². The van der Waals surface area contributed by atoms with Crippen LogP contribution in [0.4, 0.5) is 0 Å². The van der Waals surface area contributed by atoms with Gasteiger partial charge in [-0.15, -0.1) is 0 Å². The predicted octanol–water partition coefficient (Wildman–Crippen LogP) is 2.66. The number of ether oxygens (including phenoxy) is 1. The number of likely N-dealkylation sites (tertiary alicyclic amines) is 1. The quantitative estimate of drug-likeness (QED) is 0.898. The van der Waals surface area contributed by atoms with E-state index in [1.54, 1.807) is 7.11 Å². The van der Waals surface area contributed by atoms with Gasteiger partial charge in [0, 0.05) is 26.3 Å². The van der Waals surface area contributed by atoms with Crippen LogP contribution in [0.5, 0.6) is 0 Å². The van der Waals surface area contributed by atoms with Gasteiger partial charge < -0.3 is 15.4 Å². The molecule has 3 heteroatoms. The Morgan fingerprint density at radius 3 is 2.35 bits per heavy atom. The van der Waals surface area contributed by atoms with Gasteiger partial charge in [0.25, 0.3) is 0 Å². The summed E-state index contributed by atoms with van der Waals surface area (Å²) in [5.74, 6) is 0.730. The van der Waals surface area contributed by atoms with Crippen molar-refractivity contribution >= 4 is 0 Å². The van der Waals surface area contributed by atoms with E-state index in [4.69, 9.17) is 10.5 Å². The second kappa shape index (κ2) is 7.21. The molecule has 1 aliphatic heterocycles. The zero-order valence-corrected chi connectivity index (χ0v) is 13.1. The number of hydrogen-bond acceptors (Lipinski definition) is 3. The molecule has 2 N–H and O–H groups in total. The second-order valence-corrected chi connectivity index (χ2v) is 6.23. The van der Waals surface area contributed by atoms with Crippen LogP contribution >= 0.6 is 0 Å². The highest BCUT2D eigenvalue weighted by Crippen LogP contribution is 2.21. The Hall–Kier alpha value is -0.900. The molecule has 0 radical (unpaired) electrons. The lowest BCUT2D eigenvalue weighted by Gasteiger charge is -2.33. The van der Waals surface area contributed by atoms with Crippen LogP contribution in [0.1, 0.15) is 35.6 Å². The molecule has 0 spiro atoms. The highest BCUT2D eigenvalue weighted by molar-refractivity contribution is 5.30. The van der Waals surface area contributed by atoms with Crippen LogP contribution in [0.25, 0.3) is 0 Å². The fourth-order valence-electron chi connectivity index (χ4n) is 3.18. The van der Waals surface area contributed by atoms with Crippen LogP contribution in [-0.2, 0) is 4.74 Å². The minimum Gasteiger partial charge on any atom is -0.384 e. The third kappa shape index (κ3) is 4.30. The topological polar surface area (TPSA) is 38.5 Å². The summed E-state index contributed by atoms with van der Waals surface area (Å²) < 4.78 is 5.25. The average Bonchev–Trinajstić information content (AvgIpc) is 2.40. The Morgan fingerprint density at radius 1 is 1.20 bits per heavy atom. The maximum Gasteiger partial charge on any atom is 0.0491 e. The smallest absolute Gasteiger partial charge is 0.0491 e. The molecule has 112 valence electrons. The molecule has 1 aliphatic rings. The van der Waals surface area contributed by atoms with Crippen LogP contribution in [0.15, 0.2) is 18.2 Å². The van der Waals surface area contributed by atoms with E-state index in [9.17, 15) is 0 Å². The molecule has 1 aromatic rings. The lowest BCUT2D eigenvalue weighted by Crippen LogP contribution is -2.39. The molecule has 20 heavy (non-hydrogen) atoms. The summed E-state index contributed by atoms with van der Waals surface area (Å²) >= 11 is 0. The molecule has 0 aromatic heterocycles. The van der Waals surface area contributed by atoms with Gasteiger partial charge in [0.1, 0.15) is 0 Å². The van der Waals surface area contributed by atoms with E-state index in [2.05, 4.69) is 36.9 Å². The largest absolute Gasteiger partial charge is 0.384 e. The van der Waals surface area contributed by atoms with Gasteiger partial charge in [0.15, 0.2) is 0 Å². The van der Waals surface area contributed by atoms with Crippen molar-refractivity contribution in [1.82, 2.24) is 4.90 Å². The van der Waals surface area contributed by atoms with Crippen molar-refractivity contribution in [3.05, 3.63) is 34.9 Å². The maximum atomic E-state index is 6.39. The molecular formula is C17H28N2O. The fourth-order valence-corrected chi connectivity index (χ4v) is 3.18. The lowest BCUT2D eigenvalue weighted by atomic mass is 9.96. The van der Waals surface area contributed by atoms with Crippen molar-refractivity contribution in [2.75, 3.05) is 33.4 Å². The van der Waals surface area contributed by atoms with E-state index in [1.807, 2.05) is 0 Å². The molecule has 0 saturated carbocycles. The van der Waals surface area contributed by atoms with Crippen LogP contribution in [-0.4, -0.2) is 38.3 Å². The van der Waals surface area contributed by atoms with Crippen molar-refractivity contribution in [1.29, 1.82) is 0 Å². The van der Waals surface area contributed by atoms with Crippen LogP contribution in [0, 0.1) is 19.8 Å². The zero-order valence-electron chi connectivity index (χ0n) is 13.1. The summed E-state index contributed by atoms with van der Waals surface area (Å²) in [4.78, 5) is 2.49. The number of piperidine rings is 1. The van der Waals surface area contributed by atoms with Crippen molar-refractivity contribution < 1.29 is 4.74 Å². The normalized spacial score (nSPS) is 19.2. The third-order valence-corrected chi connectivity index (χ3v) is 4.24. The molecule has 1 aromatic carbocycles. The highest BCUT2D eigenvalue weighted by atomic mass is 16.5. The molecule has 0 amide bonds. The first kappa shape index (κ1) is 15.5. The number of hydrogen-bond donors (Lipinski definition) is 1. The predicted molar refractivity (Wildman–Crippen MR) is 83.9 cm³/mol. The maximum absolute atomic E-state index is 6.39. The van der Waals surface area contributed by atoms with E-state index in [1.165, 1.54) is 29.5 Å². The summed E-state index contributed by atoms with van der Waals surface area (Å²) in [5.41, 5.74) is 10.3. The van der Waals surface area contributed by atoms with E-state index in [-0.39, 0.29) is 6.04 Å². The molecular weight excluding hydrogens is 248 g/mol. The number of rotatable bonds is 5. The molecule has 3 nitrogen and oxygen atoms in total. The number of benzene rings is 1. The monoisotopic (exact) mass is 276 g/mol. The SMILES string of the molecule is COCC1CCN(CC(N)c2cc(C)cc(C)c2)CC1. The Labute approximate surface area is 123 Å². The molecule has 2 rings (SSSR count). The Kier molecular flexibility index (Phi) is 5.58. The Bertz CT molecular complexity index is 405. The molecule has 1 fully saturated rings. The average molecular weight is 276 g/mol. The standard InChI is InChI=1S/C17H28N2O/c1-13-8-14(2)10-16(9-13)17(18)11-19-6-4-15(5-7-19)12-20-3/h8-10,15,17H,4-7,11-12,18H2,1-3H3. The number of nitrogens with two attached hydrogens (primary N) is 1. The minimum atomic E-state index is 0.118. The highest BCUT2D eigenvalue weighted by Gasteiger charge is 2.21. The van der Waals surface area contributed by atoms with Gasteiger partial charge in [-0.05, 0) is 51.3 Å². The van der Waals surface area contributed by atoms with Crippen molar-refractivity contribution in [3.63, 3.8) is 0 Å². The number of aryl methyl sites for hydroxylation is 2. The van der Waals surface area contributed by atoms with Crippen LogP contribution in [0.2, 0.25) is 0 Å². The summed E-state index contributed by atoms with van der Waals surface area (Å²) in [6.07, 6.45) is 2.46. The van der Waals surface area contributed by atoms with Gasteiger partial charge in [-0.1, -0.05) is 29.3 Å². The van der Waals surface area contributed by atoms with Gasteiger partial charge in [-0.25, -0.2) is 0 Å². The first-order chi connectivity index (χ1) is 9.58. The van der Waals surface area contributed by atoms with Crippen LogP contribution in [0.3, 0.4) is 0 Å². The van der Waals surface area contributed by atoms with Gasteiger partial charge in [-0.2, -0.15) is 0 Å². The summed E-state index contributed by atoms with van der Waals surface area (Å²) in [6.45, 7) is 8.43. The van der Waals surface area contributed by atoms with Gasteiger partial charge in [0.2, 0.25) is 0 Å². The van der Waals surface area contributed by atoms with E-state index in [0.29, 0.717) is 0 Å². The molecule has 0 aliphatic carbocycles. The van der Waals surface area contributed by atoms with Gasteiger partial charge in [-0.3, -0.25) is 0 Å². The Morgan fingerprint density at radius 2 is 1.80 bits per heavy atom. The van der Waals surface area contributed by atoms with Crippen molar-refractivity contribution in [2.45, 2.75) is 32.7 Å². The first-order valence-electron chi connectivity index (χ1n) is 7.63. The number of nitrogens with zero attached hydrogens (tertiary/aromatic N) is 1. The van der Waals surface area contributed by atoms with E-state index < -0.39 is 0 Å². The van der Waals surface area contributed by atoms with Gasteiger partial charge >= 0.3 is 0 Å². The zero-order chi connectivity index (χ0) is 14.5. The molecule has 0 bridgehead atoms. The lowest BCUT2D eigenvalue weighted by molar-refractivity contribution is 0.0971. The first-order valence-corrected chi connectivity index (χ1v) is 7.63. The summed E-state index contributed by atoms with van der Waals surface area (Å²) in [7, 11) is 1.79. The fraction of sp³-hybridized carbons (Fsp3) is 0.647. The van der Waals surface area contributed by atoms with E-state index >= 15 is 0 Å². The van der Waals surface area contributed by atoms with E-state index in [0.717, 1.165) is 32.2 Å². The Balaban J connectivity index is 1.87. The summed E-state index contributed by atoms with van der Waals surface area (Å²) in [6, 6.07) is 6.75. The summed E-state index contributed by atoms with van der Waals surface area (Å²) in [5, 5.41) is 0. The number of methoxy groups -OCH3 is 1. The molecule has 1 unspecified atom stereocenters. The minimum absolute atomic E-state index is 0.118. The van der Waals surface area contributed by atoms with Crippen LogP contribution < -0.4 is 5.73 Å².